The number of nitrogens with zero attached hydrogens (tertiary/aromatic N) is 2. The molecular weight excluding hydrogens is 369 g/mol. The molecule has 0 saturated heterocycles. The number of halogens is 3. The summed E-state index contributed by atoms with van der Waals surface area (Å²) >= 11 is 0. The van der Waals surface area contributed by atoms with Crippen molar-refractivity contribution in [3.05, 3.63) is 66.4 Å². The van der Waals surface area contributed by atoms with Gasteiger partial charge in [-0.3, -0.25) is 0 Å². The zero-order valence-corrected chi connectivity index (χ0v) is 15.1. The van der Waals surface area contributed by atoms with Gasteiger partial charge in [0.05, 0.1) is 6.61 Å². The molecule has 2 aromatic carbocycles. The third-order valence-corrected chi connectivity index (χ3v) is 3.71. The molecule has 0 saturated carbocycles. The molecule has 1 heterocycles. The van der Waals surface area contributed by atoms with Gasteiger partial charge in [-0.1, -0.05) is 25.1 Å². The summed E-state index contributed by atoms with van der Waals surface area (Å²) < 4.78 is 45.5. The van der Waals surface area contributed by atoms with Crippen molar-refractivity contribution in [2.45, 2.75) is 19.5 Å². The van der Waals surface area contributed by atoms with Gasteiger partial charge in [0.1, 0.15) is 17.1 Å². The van der Waals surface area contributed by atoms with Crippen molar-refractivity contribution in [2.24, 2.45) is 0 Å². The number of rotatable bonds is 7. The molecule has 0 spiro atoms. The van der Waals surface area contributed by atoms with Gasteiger partial charge < -0.3 is 15.4 Å². The third-order valence-electron chi connectivity index (χ3n) is 3.71. The maximum Gasteiger partial charge on any atom is 0.421 e. The fourth-order valence-electron chi connectivity index (χ4n) is 2.39. The number of alkyl halides is 3. The average Bonchev–Trinajstić information content (AvgIpc) is 2.67. The van der Waals surface area contributed by atoms with E-state index in [-0.39, 0.29) is 11.8 Å². The lowest BCUT2D eigenvalue weighted by Gasteiger charge is -2.15. The van der Waals surface area contributed by atoms with E-state index in [4.69, 9.17) is 4.74 Å². The number of hydrogen-bond donors (Lipinski definition) is 2. The molecule has 28 heavy (non-hydrogen) atoms. The molecular formula is C20H19F3N4O. The van der Waals surface area contributed by atoms with Crippen LogP contribution in [0.25, 0.3) is 0 Å². The molecule has 0 radical (unpaired) electrons. The van der Waals surface area contributed by atoms with Gasteiger partial charge >= 0.3 is 6.18 Å². The van der Waals surface area contributed by atoms with Crippen molar-refractivity contribution >= 4 is 23.1 Å². The molecule has 3 aromatic rings. The second kappa shape index (κ2) is 8.60. The first kappa shape index (κ1) is 19.5. The van der Waals surface area contributed by atoms with E-state index in [1.807, 2.05) is 13.0 Å². The van der Waals surface area contributed by atoms with E-state index in [9.17, 15) is 13.2 Å². The Labute approximate surface area is 160 Å². The maximum atomic E-state index is 13.4. The lowest BCUT2D eigenvalue weighted by Crippen LogP contribution is -2.12. The Bertz CT molecular complexity index is 900. The smallest absolute Gasteiger partial charge is 0.421 e. The van der Waals surface area contributed by atoms with Crippen molar-refractivity contribution < 1.29 is 17.9 Å². The van der Waals surface area contributed by atoms with Gasteiger partial charge in [0, 0.05) is 17.6 Å². The Balaban J connectivity index is 1.85. The normalized spacial score (nSPS) is 11.1. The lowest BCUT2D eigenvalue weighted by atomic mass is 10.2. The van der Waals surface area contributed by atoms with Gasteiger partial charge in [-0.2, -0.15) is 18.2 Å². The van der Waals surface area contributed by atoms with Crippen LogP contribution in [0.1, 0.15) is 18.9 Å². The summed E-state index contributed by atoms with van der Waals surface area (Å²) in [6.45, 7) is 2.57. The predicted octanol–water partition coefficient (Wildman–Crippen LogP) is 5.77. The molecule has 146 valence electrons. The van der Waals surface area contributed by atoms with Gasteiger partial charge in [-0.25, -0.2) is 4.98 Å². The second-order valence-corrected chi connectivity index (χ2v) is 5.94. The third kappa shape index (κ3) is 5.12. The van der Waals surface area contributed by atoms with Crippen LogP contribution >= 0.6 is 0 Å². The number of ether oxygens (including phenoxy) is 1. The first-order valence-electron chi connectivity index (χ1n) is 8.72. The monoisotopic (exact) mass is 388 g/mol. The Morgan fingerprint density at radius 3 is 2.25 bits per heavy atom. The maximum absolute atomic E-state index is 13.4. The minimum atomic E-state index is -4.59. The summed E-state index contributed by atoms with van der Waals surface area (Å²) in [6.07, 6.45) is -2.95. The van der Waals surface area contributed by atoms with Gasteiger partial charge in [0.15, 0.2) is 0 Å². The SMILES string of the molecule is CCCOc1ccc(Nc2nc(Nc3ccccc3)ncc2C(F)(F)F)cc1. The fraction of sp³-hybridized carbons (Fsp3) is 0.200. The number of anilines is 4. The number of aromatic nitrogens is 2. The van der Waals surface area contributed by atoms with Crippen LogP contribution in [0.3, 0.4) is 0 Å². The van der Waals surface area contributed by atoms with Crippen molar-refractivity contribution in [2.75, 3.05) is 17.2 Å². The largest absolute Gasteiger partial charge is 0.494 e. The van der Waals surface area contributed by atoms with E-state index in [1.165, 1.54) is 0 Å². The molecule has 0 amide bonds. The van der Waals surface area contributed by atoms with Crippen LogP contribution in [0.5, 0.6) is 5.75 Å². The van der Waals surface area contributed by atoms with Crippen molar-refractivity contribution in [3.63, 3.8) is 0 Å². The highest BCUT2D eigenvalue weighted by Crippen LogP contribution is 2.35. The lowest BCUT2D eigenvalue weighted by molar-refractivity contribution is -0.137. The van der Waals surface area contributed by atoms with Gasteiger partial charge in [-0.15, -0.1) is 0 Å². The first-order chi connectivity index (χ1) is 13.5. The van der Waals surface area contributed by atoms with Crippen LogP contribution in [0.15, 0.2) is 60.8 Å². The Morgan fingerprint density at radius 1 is 0.929 bits per heavy atom. The number of hydrogen-bond acceptors (Lipinski definition) is 5. The first-order valence-corrected chi connectivity index (χ1v) is 8.72. The summed E-state index contributed by atoms with van der Waals surface area (Å²) in [5.41, 5.74) is 0.182. The van der Waals surface area contributed by atoms with Crippen molar-refractivity contribution in [1.29, 1.82) is 0 Å². The molecule has 0 atom stereocenters. The Morgan fingerprint density at radius 2 is 1.61 bits per heavy atom. The molecule has 0 fully saturated rings. The molecule has 0 unspecified atom stereocenters. The summed E-state index contributed by atoms with van der Waals surface area (Å²) in [6, 6.07) is 15.6. The standard InChI is InChI=1S/C20H19F3N4O/c1-2-12-28-16-10-8-15(9-11-16)25-18-17(20(21,22)23)13-24-19(27-18)26-14-6-4-3-5-7-14/h3-11,13H,2,12H2,1H3,(H2,24,25,26,27). The topological polar surface area (TPSA) is 59.1 Å². The van der Waals surface area contributed by atoms with Crippen molar-refractivity contribution in [1.82, 2.24) is 9.97 Å². The molecule has 5 nitrogen and oxygen atoms in total. The number of benzene rings is 2. The highest BCUT2D eigenvalue weighted by Gasteiger charge is 2.35. The van der Waals surface area contributed by atoms with Gasteiger partial charge in [-0.05, 0) is 42.8 Å². The highest BCUT2D eigenvalue weighted by molar-refractivity contribution is 5.63. The van der Waals surface area contributed by atoms with E-state index in [0.717, 1.165) is 12.6 Å². The molecule has 2 N–H and O–H groups in total. The van der Waals surface area contributed by atoms with Crippen LogP contribution in [0.4, 0.5) is 36.3 Å². The van der Waals surface area contributed by atoms with E-state index in [2.05, 4.69) is 20.6 Å². The summed E-state index contributed by atoms with van der Waals surface area (Å²) in [5, 5.41) is 5.61. The quantitative estimate of drug-likeness (QED) is 0.538. The van der Waals surface area contributed by atoms with Crippen LogP contribution in [-0.4, -0.2) is 16.6 Å². The minimum Gasteiger partial charge on any atom is -0.494 e. The minimum absolute atomic E-state index is 0.0598. The molecule has 0 bridgehead atoms. The van der Waals surface area contributed by atoms with Crippen LogP contribution in [-0.2, 0) is 6.18 Å². The molecule has 3 rings (SSSR count). The van der Waals surface area contributed by atoms with E-state index >= 15 is 0 Å². The van der Waals surface area contributed by atoms with Gasteiger partial charge in [0.2, 0.25) is 5.95 Å². The number of nitrogens with one attached hydrogen (secondary N) is 2. The second-order valence-electron chi connectivity index (χ2n) is 5.94. The van der Waals surface area contributed by atoms with Crippen LogP contribution in [0.2, 0.25) is 0 Å². The fourth-order valence-corrected chi connectivity index (χ4v) is 2.39. The average molecular weight is 388 g/mol. The molecule has 1 aromatic heterocycles. The highest BCUT2D eigenvalue weighted by atomic mass is 19.4. The summed E-state index contributed by atoms with van der Waals surface area (Å²) in [4.78, 5) is 7.81. The molecule has 0 aliphatic heterocycles. The Hall–Kier alpha value is -3.29. The van der Waals surface area contributed by atoms with Crippen LogP contribution < -0.4 is 15.4 Å². The van der Waals surface area contributed by atoms with Crippen LogP contribution in [0, 0.1) is 0 Å². The van der Waals surface area contributed by atoms with E-state index in [0.29, 0.717) is 23.7 Å². The molecule has 8 heteroatoms. The molecule has 0 aliphatic rings. The summed E-state index contributed by atoms with van der Waals surface area (Å²) in [5.74, 6) is 0.380. The van der Waals surface area contributed by atoms with E-state index < -0.39 is 11.7 Å². The Kier molecular flexibility index (Phi) is 5.98. The zero-order valence-electron chi connectivity index (χ0n) is 15.1. The number of para-hydroxylation sites is 1. The van der Waals surface area contributed by atoms with Gasteiger partial charge in [0.25, 0.3) is 0 Å². The summed E-state index contributed by atoms with van der Waals surface area (Å²) in [7, 11) is 0. The zero-order chi connectivity index (χ0) is 20.0. The predicted molar refractivity (Wildman–Crippen MR) is 102 cm³/mol. The van der Waals surface area contributed by atoms with E-state index in [1.54, 1.807) is 48.5 Å². The van der Waals surface area contributed by atoms with Crippen molar-refractivity contribution in [3.8, 4) is 5.75 Å². The molecule has 0 aliphatic carbocycles.